The maximum atomic E-state index is 5.42. The zero-order valence-electron chi connectivity index (χ0n) is 6.95. The zero-order chi connectivity index (χ0) is 8.10. The predicted molar refractivity (Wildman–Crippen MR) is 48.6 cm³/mol. The topological polar surface area (TPSA) is 27.7 Å². The summed E-state index contributed by atoms with van der Waals surface area (Å²) >= 11 is 0. The second-order valence-corrected chi connectivity index (χ2v) is 3.48. The van der Waals surface area contributed by atoms with Gasteiger partial charge in [-0.3, -0.25) is 0 Å². The molecule has 0 N–H and O–H groups in total. The third-order valence-electron chi connectivity index (χ3n) is 1.56. The zero-order valence-corrected chi connectivity index (χ0v) is 13.3. The van der Waals surface area contributed by atoms with Crippen molar-refractivity contribution in [3.05, 3.63) is 6.61 Å². The quantitative estimate of drug-likeness (QED) is 0.495. The van der Waals surface area contributed by atoms with E-state index in [1.807, 2.05) is 0 Å². The Labute approximate surface area is 101 Å². The van der Waals surface area contributed by atoms with Crippen LogP contribution in [0.4, 0.5) is 0 Å². The van der Waals surface area contributed by atoms with Gasteiger partial charge in [0.05, 0.1) is 18.8 Å². The molecular weight excluding hydrogens is 420 g/mol. The van der Waals surface area contributed by atoms with E-state index in [4.69, 9.17) is 14.0 Å². The van der Waals surface area contributed by atoms with Crippen LogP contribution in [0.1, 0.15) is 6.42 Å². The average Bonchev–Trinajstić information content (AvgIpc) is 2.39. The van der Waals surface area contributed by atoms with Gasteiger partial charge in [-0.2, -0.15) is 0 Å². The molecule has 1 heterocycles. The number of methoxy groups -OCH3 is 1. The molecular formula is C6H13O3P2U-. The minimum absolute atomic E-state index is 0. The average molecular weight is 433 g/mol. The van der Waals surface area contributed by atoms with Crippen molar-refractivity contribution < 1.29 is 45.1 Å². The Kier molecular flexibility index (Phi) is 9.34. The Morgan fingerprint density at radius 1 is 1.75 bits per heavy atom. The molecule has 0 radical (unpaired) electrons. The van der Waals surface area contributed by atoms with Crippen LogP contribution in [0, 0.1) is 37.7 Å². The number of hydrogen-bond donors (Lipinski definition) is 0. The molecule has 1 saturated heterocycles. The first-order chi connectivity index (χ1) is 5.38. The van der Waals surface area contributed by atoms with Crippen molar-refractivity contribution in [1.29, 1.82) is 0 Å². The first-order valence-electron chi connectivity index (χ1n) is 3.45. The molecule has 1 aliphatic rings. The number of rotatable bonds is 4. The molecule has 4 atom stereocenters. The van der Waals surface area contributed by atoms with Crippen molar-refractivity contribution in [2.45, 2.75) is 18.6 Å². The number of ether oxygens (including phenoxy) is 2. The van der Waals surface area contributed by atoms with E-state index >= 15 is 0 Å². The van der Waals surface area contributed by atoms with E-state index in [1.54, 1.807) is 13.7 Å². The van der Waals surface area contributed by atoms with Crippen LogP contribution in [0.3, 0.4) is 0 Å². The molecule has 0 aromatic carbocycles. The third kappa shape index (κ3) is 4.34. The van der Waals surface area contributed by atoms with Crippen molar-refractivity contribution in [3.63, 3.8) is 0 Å². The summed E-state index contributed by atoms with van der Waals surface area (Å²) in [5.74, 6) is 0. The largest absolute Gasteiger partial charge is 0.546 e. The van der Waals surface area contributed by atoms with Crippen molar-refractivity contribution in [3.8, 4) is 0 Å². The molecule has 0 saturated carbocycles. The molecule has 1 aliphatic heterocycles. The molecule has 0 amide bonds. The summed E-state index contributed by atoms with van der Waals surface area (Å²) in [6.45, 7) is 2.40. The molecule has 0 aromatic heterocycles. The molecule has 12 heavy (non-hydrogen) atoms. The minimum Gasteiger partial charge on any atom is -0.546 e. The SMILES string of the molecule is COC[C@H]1O[CH-]C[C@H]1OPP.[U]. The van der Waals surface area contributed by atoms with Gasteiger partial charge in [-0.25, -0.2) is 6.61 Å². The summed E-state index contributed by atoms with van der Waals surface area (Å²) in [4.78, 5) is 0. The van der Waals surface area contributed by atoms with Crippen molar-refractivity contribution in [2.75, 3.05) is 13.7 Å². The first kappa shape index (κ1) is 13.8. The Bertz CT molecular complexity index is 105. The second kappa shape index (κ2) is 8.13. The van der Waals surface area contributed by atoms with E-state index in [-0.39, 0.29) is 43.3 Å². The van der Waals surface area contributed by atoms with Crippen LogP contribution in [0.15, 0.2) is 0 Å². The van der Waals surface area contributed by atoms with Gasteiger partial charge in [0, 0.05) is 46.7 Å². The molecule has 3 nitrogen and oxygen atoms in total. The Balaban J connectivity index is 0.00000121. The molecule has 0 bridgehead atoms. The maximum Gasteiger partial charge on any atom is 0.0720 e. The van der Waals surface area contributed by atoms with E-state index in [0.717, 1.165) is 6.42 Å². The van der Waals surface area contributed by atoms with E-state index in [1.165, 1.54) is 0 Å². The molecule has 0 spiro atoms. The monoisotopic (exact) mass is 433 g/mol. The van der Waals surface area contributed by atoms with E-state index < -0.39 is 0 Å². The van der Waals surface area contributed by atoms with Gasteiger partial charge in [0.1, 0.15) is 0 Å². The summed E-state index contributed by atoms with van der Waals surface area (Å²) in [6.07, 6.45) is 1.15. The first-order valence-corrected chi connectivity index (χ1v) is 6.17. The Morgan fingerprint density at radius 2 is 2.50 bits per heavy atom. The maximum absolute atomic E-state index is 5.42. The van der Waals surface area contributed by atoms with Crippen molar-refractivity contribution >= 4 is 17.4 Å². The fraction of sp³-hybridized carbons (Fsp3) is 0.833. The smallest absolute Gasteiger partial charge is 0.0720 e. The predicted octanol–water partition coefficient (Wildman–Crippen LogP) is 1.35. The van der Waals surface area contributed by atoms with Gasteiger partial charge in [0.2, 0.25) is 0 Å². The van der Waals surface area contributed by atoms with E-state index in [0.29, 0.717) is 15.1 Å². The third-order valence-corrected chi connectivity index (χ3v) is 2.41. The van der Waals surface area contributed by atoms with Gasteiger partial charge in [0.15, 0.2) is 0 Å². The molecule has 1 fully saturated rings. The van der Waals surface area contributed by atoms with Crippen LogP contribution in [0.25, 0.3) is 0 Å². The second-order valence-electron chi connectivity index (χ2n) is 2.31. The van der Waals surface area contributed by atoms with Crippen LogP contribution >= 0.6 is 17.4 Å². The summed E-state index contributed by atoms with van der Waals surface area (Å²) in [5.41, 5.74) is 0. The van der Waals surface area contributed by atoms with Gasteiger partial charge in [0.25, 0.3) is 0 Å². The van der Waals surface area contributed by atoms with Gasteiger partial charge >= 0.3 is 0 Å². The van der Waals surface area contributed by atoms with Crippen LogP contribution < -0.4 is 0 Å². The van der Waals surface area contributed by atoms with Crippen LogP contribution in [-0.4, -0.2) is 25.9 Å². The fourth-order valence-electron chi connectivity index (χ4n) is 1.04. The van der Waals surface area contributed by atoms with Crippen LogP contribution in [0.2, 0.25) is 0 Å². The summed E-state index contributed by atoms with van der Waals surface area (Å²) in [5, 5.41) is 0. The van der Waals surface area contributed by atoms with Crippen molar-refractivity contribution in [2.24, 2.45) is 0 Å². The molecule has 2 unspecified atom stereocenters. The van der Waals surface area contributed by atoms with Crippen LogP contribution in [0.5, 0.6) is 0 Å². The van der Waals surface area contributed by atoms with E-state index in [2.05, 4.69) is 8.93 Å². The van der Waals surface area contributed by atoms with Gasteiger partial charge < -0.3 is 14.0 Å². The minimum atomic E-state index is 0. The molecule has 6 heteroatoms. The van der Waals surface area contributed by atoms with E-state index in [9.17, 15) is 0 Å². The summed E-state index contributed by atoms with van der Waals surface area (Å²) < 4.78 is 15.7. The number of hydrogen-bond acceptors (Lipinski definition) is 3. The molecule has 0 aliphatic carbocycles. The van der Waals surface area contributed by atoms with Gasteiger partial charge in [-0.05, 0) is 0 Å². The van der Waals surface area contributed by atoms with Crippen LogP contribution in [-0.2, 0) is 14.0 Å². The summed E-state index contributed by atoms with van der Waals surface area (Å²) in [7, 11) is 4.67. The Morgan fingerprint density at radius 3 is 3.08 bits per heavy atom. The van der Waals surface area contributed by atoms with Gasteiger partial charge in [-0.1, -0.05) is 8.93 Å². The van der Waals surface area contributed by atoms with Crippen molar-refractivity contribution in [1.82, 2.24) is 0 Å². The normalized spacial score (nSPS) is 29.5. The molecule has 0 aromatic rings. The fourth-order valence-corrected chi connectivity index (χ4v) is 1.98. The molecule has 1 rings (SSSR count). The standard InChI is InChI=1S/C6H13O3P2.U/c1-7-4-6-5(9-11-10)2-3-8-6;/h3,5-6,11H,2,4,10H2,1H3;/q-1;/t5-,6-;/m1./s1. The molecule has 70 valence electrons. The summed E-state index contributed by atoms with van der Waals surface area (Å²) in [6, 6.07) is 0. The van der Waals surface area contributed by atoms with Gasteiger partial charge in [-0.15, -0.1) is 6.42 Å². The Hall–Kier alpha value is 1.79.